The second-order valence-electron chi connectivity index (χ2n) is 4.95. The van der Waals surface area contributed by atoms with Crippen molar-refractivity contribution >= 4 is 23.1 Å². The minimum Gasteiger partial charge on any atom is -0.508 e. The maximum Gasteiger partial charge on any atom is 0.271 e. The van der Waals surface area contributed by atoms with Gasteiger partial charge in [-0.25, -0.2) is 5.43 Å². The van der Waals surface area contributed by atoms with Crippen LogP contribution >= 0.6 is 0 Å². The number of phenols is 2. The van der Waals surface area contributed by atoms with Crippen molar-refractivity contribution in [3.8, 4) is 11.5 Å². The Bertz CT molecular complexity index is 987. The number of aromatic hydroxyl groups is 2. The Morgan fingerprint density at radius 3 is 2.58 bits per heavy atom. The van der Waals surface area contributed by atoms with E-state index in [-0.39, 0.29) is 28.1 Å². The highest BCUT2D eigenvalue weighted by Crippen LogP contribution is 2.20. The average Bonchev–Trinajstić information content (AvgIpc) is 2.56. The first-order valence-electron chi connectivity index (χ1n) is 6.91. The number of hydrazone groups is 1. The number of phenolic OH excluding ortho intramolecular Hbond substituents is 2. The first kappa shape index (κ1) is 15.3. The number of fused-ring (bicyclic) bond motifs is 1. The SMILES string of the molecule is O=C(N/N=C/c1coc2ccccc2c1=O)c1cc(O)cc(O)c1. The summed E-state index contributed by atoms with van der Waals surface area (Å²) >= 11 is 0. The summed E-state index contributed by atoms with van der Waals surface area (Å²) in [5.41, 5.74) is 2.59. The quantitative estimate of drug-likeness (QED) is 0.504. The second-order valence-corrected chi connectivity index (χ2v) is 4.95. The third kappa shape index (κ3) is 3.09. The average molecular weight is 324 g/mol. The molecule has 0 fully saturated rings. The molecule has 3 aromatic rings. The molecule has 7 heteroatoms. The van der Waals surface area contributed by atoms with Crippen LogP contribution in [0.1, 0.15) is 15.9 Å². The number of nitrogens with zero attached hydrogens (tertiary/aromatic N) is 1. The zero-order valence-corrected chi connectivity index (χ0v) is 12.3. The summed E-state index contributed by atoms with van der Waals surface area (Å²) in [5.74, 6) is -1.15. The monoisotopic (exact) mass is 324 g/mol. The summed E-state index contributed by atoms with van der Waals surface area (Å²) in [4.78, 5) is 24.1. The molecule has 0 aliphatic heterocycles. The Kier molecular flexibility index (Phi) is 3.98. The zero-order chi connectivity index (χ0) is 17.1. The normalized spacial score (nSPS) is 11.0. The molecule has 0 unspecified atom stereocenters. The van der Waals surface area contributed by atoms with Crippen LogP contribution in [0.3, 0.4) is 0 Å². The van der Waals surface area contributed by atoms with Gasteiger partial charge in [-0.2, -0.15) is 5.10 Å². The maximum absolute atomic E-state index is 12.2. The Morgan fingerprint density at radius 1 is 1.12 bits per heavy atom. The summed E-state index contributed by atoms with van der Waals surface area (Å²) in [5, 5.41) is 22.8. The van der Waals surface area contributed by atoms with Gasteiger partial charge in [-0.1, -0.05) is 12.1 Å². The van der Waals surface area contributed by atoms with Gasteiger partial charge in [0.1, 0.15) is 23.3 Å². The van der Waals surface area contributed by atoms with Gasteiger partial charge in [0.2, 0.25) is 5.43 Å². The molecule has 0 spiro atoms. The van der Waals surface area contributed by atoms with E-state index in [1.165, 1.54) is 24.6 Å². The van der Waals surface area contributed by atoms with E-state index < -0.39 is 5.91 Å². The Hall–Kier alpha value is -3.61. The van der Waals surface area contributed by atoms with E-state index in [1.807, 2.05) is 0 Å². The molecular formula is C17H12N2O5. The molecule has 1 heterocycles. The Balaban J connectivity index is 1.80. The molecule has 1 amide bonds. The van der Waals surface area contributed by atoms with Gasteiger partial charge in [-0.05, 0) is 24.3 Å². The lowest BCUT2D eigenvalue weighted by molar-refractivity contribution is 0.0954. The first-order chi connectivity index (χ1) is 11.5. The number of nitrogens with one attached hydrogen (secondary N) is 1. The molecule has 3 N–H and O–H groups in total. The minimum absolute atomic E-state index is 0.0233. The molecule has 0 radical (unpaired) electrons. The highest BCUT2D eigenvalue weighted by atomic mass is 16.3. The maximum atomic E-state index is 12.2. The topological polar surface area (TPSA) is 112 Å². The molecule has 0 bridgehead atoms. The van der Waals surface area contributed by atoms with Gasteiger partial charge in [0, 0.05) is 11.6 Å². The molecule has 0 atom stereocenters. The smallest absolute Gasteiger partial charge is 0.271 e. The van der Waals surface area contributed by atoms with Crippen molar-refractivity contribution in [2.75, 3.05) is 0 Å². The van der Waals surface area contributed by atoms with Crippen LogP contribution in [0, 0.1) is 0 Å². The molecule has 24 heavy (non-hydrogen) atoms. The summed E-state index contributed by atoms with van der Waals surface area (Å²) in [6, 6.07) is 10.2. The molecular weight excluding hydrogens is 312 g/mol. The van der Waals surface area contributed by atoms with E-state index in [2.05, 4.69) is 10.5 Å². The highest BCUT2D eigenvalue weighted by Gasteiger charge is 2.08. The van der Waals surface area contributed by atoms with Crippen molar-refractivity contribution in [3.05, 3.63) is 70.1 Å². The third-order valence-corrected chi connectivity index (χ3v) is 3.24. The van der Waals surface area contributed by atoms with E-state index in [0.717, 1.165) is 6.07 Å². The molecule has 0 saturated heterocycles. The fourth-order valence-electron chi connectivity index (χ4n) is 2.13. The van der Waals surface area contributed by atoms with Crippen LogP contribution in [0.15, 0.2) is 63.0 Å². The molecule has 0 saturated carbocycles. The second kappa shape index (κ2) is 6.25. The van der Waals surface area contributed by atoms with Crippen molar-refractivity contribution < 1.29 is 19.4 Å². The summed E-state index contributed by atoms with van der Waals surface area (Å²) in [6.45, 7) is 0. The predicted molar refractivity (Wildman–Crippen MR) is 87.3 cm³/mol. The van der Waals surface area contributed by atoms with Gasteiger partial charge in [0.05, 0.1) is 17.2 Å². The fraction of sp³-hybridized carbons (Fsp3) is 0. The third-order valence-electron chi connectivity index (χ3n) is 3.24. The van der Waals surface area contributed by atoms with Crippen molar-refractivity contribution in [1.29, 1.82) is 0 Å². The number of carbonyl (C=O) groups is 1. The van der Waals surface area contributed by atoms with Gasteiger partial charge in [0.25, 0.3) is 5.91 Å². The lowest BCUT2D eigenvalue weighted by atomic mass is 10.2. The number of benzene rings is 2. The highest BCUT2D eigenvalue weighted by molar-refractivity contribution is 5.95. The molecule has 7 nitrogen and oxygen atoms in total. The van der Waals surface area contributed by atoms with Crippen molar-refractivity contribution in [2.45, 2.75) is 0 Å². The standard InChI is InChI=1S/C17H12N2O5/c20-12-5-10(6-13(21)7-12)17(23)19-18-8-11-9-24-15-4-2-1-3-14(15)16(11)22/h1-9,20-21H,(H,19,23)/b18-8+. The van der Waals surface area contributed by atoms with E-state index in [9.17, 15) is 19.8 Å². The van der Waals surface area contributed by atoms with Crippen LogP contribution in [0.2, 0.25) is 0 Å². The summed E-state index contributed by atoms with van der Waals surface area (Å²) in [7, 11) is 0. The van der Waals surface area contributed by atoms with Gasteiger partial charge in [-0.15, -0.1) is 0 Å². The zero-order valence-electron chi connectivity index (χ0n) is 12.3. The predicted octanol–water partition coefficient (Wildman–Crippen LogP) is 1.97. The van der Waals surface area contributed by atoms with E-state index >= 15 is 0 Å². The van der Waals surface area contributed by atoms with Crippen LogP contribution in [-0.2, 0) is 0 Å². The Labute approximate surface area is 135 Å². The number of rotatable bonds is 3. The lowest BCUT2D eigenvalue weighted by Gasteiger charge is -2.02. The largest absolute Gasteiger partial charge is 0.508 e. The molecule has 0 aliphatic carbocycles. The molecule has 2 aromatic carbocycles. The number of hydrogen-bond donors (Lipinski definition) is 3. The number of hydrogen-bond acceptors (Lipinski definition) is 6. The van der Waals surface area contributed by atoms with Crippen LogP contribution in [0.25, 0.3) is 11.0 Å². The van der Waals surface area contributed by atoms with Crippen molar-refractivity contribution in [3.63, 3.8) is 0 Å². The van der Waals surface area contributed by atoms with Gasteiger partial charge >= 0.3 is 0 Å². The van der Waals surface area contributed by atoms with Crippen molar-refractivity contribution in [1.82, 2.24) is 5.43 Å². The lowest BCUT2D eigenvalue weighted by Crippen LogP contribution is -2.18. The fourth-order valence-corrected chi connectivity index (χ4v) is 2.13. The molecule has 3 rings (SSSR count). The van der Waals surface area contributed by atoms with Gasteiger partial charge in [0.15, 0.2) is 0 Å². The van der Waals surface area contributed by atoms with Gasteiger partial charge < -0.3 is 14.6 Å². The van der Waals surface area contributed by atoms with Crippen LogP contribution in [-0.4, -0.2) is 22.3 Å². The molecule has 0 aliphatic rings. The van der Waals surface area contributed by atoms with Crippen LogP contribution in [0.5, 0.6) is 11.5 Å². The van der Waals surface area contributed by atoms with Crippen LogP contribution in [0.4, 0.5) is 0 Å². The number of carbonyl (C=O) groups excluding carboxylic acids is 1. The summed E-state index contributed by atoms with van der Waals surface area (Å²) in [6.07, 6.45) is 2.42. The number of amides is 1. The van der Waals surface area contributed by atoms with Gasteiger partial charge in [-0.3, -0.25) is 9.59 Å². The van der Waals surface area contributed by atoms with E-state index in [4.69, 9.17) is 4.42 Å². The minimum atomic E-state index is -0.650. The van der Waals surface area contributed by atoms with Crippen molar-refractivity contribution in [2.24, 2.45) is 5.10 Å². The first-order valence-corrected chi connectivity index (χ1v) is 6.91. The Morgan fingerprint density at radius 2 is 1.83 bits per heavy atom. The van der Waals surface area contributed by atoms with E-state index in [0.29, 0.717) is 11.0 Å². The van der Waals surface area contributed by atoms with Crippen LogP contribution < -0.4 is 10.9 Å². The van der Waals surface area contributed by atoms with E-state index in [1.54, 1.807) is 24.3 Å². The number of para-hydroxylation sites is 1. The molecule has 120 valence electrons. The summed E-state index contributed by atoms with van der Waals surface area (Å²) < 4.78 is 5.33. The molecule has 1 aromatic heterocycles.